The van der Waals surface area contributed by atoms with Crippen LogP contribution in [0.3, 0.4) is 0 Å². The van der Waals surface area contributed by atoms with Crippen molar-refractivity contribution in [2.75, 3.05) is 23.8 Å². The zero-order chi connectivity index (χ0) is 15.0. The molecule has 0 radical (unpaired) electrons. The van der Waals surface area contributed by atoms with Crippen LogP contribution in [-0.4, -0.2) is 19.1 Å². The van der Waals surface area contributed by atoms with Crippen molar-refractivity contribution < 1.29 is 9.53 Å². The smallest absolute Gasteiger partial charge is 0.260 e. The number of para-hydroxylation sites is 2. The van der Waals surface area contributed by atoms with Crippen LogP contribution < -0.4 is 15.4 Å². The average Bonchev–Trinajstić information content (AvgIpc) is 2.49. The summed E-state index contributed by atoms with van der Waals surface area (Å²) in [6, 6.07) is 10.4. The molecular weight excluding hydrogens is 311 g/mol. The van der Waals surface area contributed by atoms with Gasteiger partial charge in [-0.1, -0.05) is 35.3 Å². The number of rotatable bonds is 1. The van der Waals surface area contributed by atoms with Crippen molar-refractivity contribution in [3.63, 3.8) is 0 Å². The summed E-state index contributed by atoms with van der Waals surface area (Å²) in [5.41, 5.74) is 7.15. The lowest BCUT2D eigenvalue weighted by atomic mass is 10.1. The summed E-state index contributed by atoms with van der Waals surface area (Å²) < 4.78 is 5.54. The minimum Gasteiger partial charge on any atom is -0.490 e. The maximum Gasteiger partial charge on any atom is 0.260 e. The third-order valence-electron chi connectivity index (χ3n) is 3.25. The number of nitrogen functional groups attached to an aromatic ring is 1. The minimum atomic E-state index is -0.245. The first-order valence-corrected chi connectivity index (χ1v) is 7.11. The summed E-state index contributed by atoms with van der Waals surface area (Å²) in [6.45, 7) is 0.870. The van der Waals surface area contributed by atoms with Gasteiger partial charge in [-0.3, -0.25) is 4.79 Å². The fourth-order valence-corrected chi connectivity index (χ4v) is 2.71. The van der Waals surface area contributed by atoms with Crippen molar-refractivity contribution in [1.82, 2.24) is 0 Å². The van der Waals surface area contributed by atoms with Gasteiger partial charge < -0.3 is 15.4 Å². The Morgan fingerprint density at radius 2 is 2.00 bits per heavy atom. The number of ether oxygens (including phenoxy) is 1. The van der Waals surface area contributed by atoms with Gasteiger partial charge in [0.05, 0.1) is 27.8 Å². The van der Waals surface area contributed by atoms with E-state index in [4.69, 9.17) is 33.7 Å². The number of fused-ring (bicyclic) bond motifs is 1. The van der Waals surface area contributed by atoms with Gasteiger partial charge >= 0.3 is 0 Å². The van der Waals surface area contributed by atoms with Crippen molar-refractivity contribution in [3.8, 4) is 5.75 Å². The first-order chi connectivity index (χ1) is 10.1. The number of benzene rings is 2. The number of anilines is 2. The molecule has 0 saturated carbocycles. The van der Waals surface area contributed by atoms with Gasteiger partial charge in [-0.15, -0.1) is 0 Å². The van der Waals surface area contributed by atoms with E-state index in [2.05, 4.69) is 0 Å². The molecule has 1 aliphatic heterocycles. The van der Waals surface area contributed by atoms with Gasteiger partial charge in [0.25, 0.3) is 5.91 Å². The molecule has 0 bridgehead atoms. The van der Waals surface area contributed by atoms with E-state index < -0.39 is 0 Å². The molecule has 6 heteroatoms. The molecule has 21 heavy (non-hydrogen) atoms. The number of nitrogens with zero attached hydrogens (tertiary/aromatic N) is 1. The lowest BCUT2D eigenvalue weighted by molar-refractivity contribution is 0.0977. The highest BCUT2D eigenvalue weighted by molar-refractivity contribution is 6.44. The van der Waals surface area contributed by atoms with Crippen LogP contribution in [0.15, 0.2) is 36.4 Å². The van der Waals surface area contributed by atoms with Gasteiger partial charge in [0, 0.05) is 5.69 Å². The average molecular weight is 323 g/mol. The van der Waals surface area contributed by atoms with Gasteiger partial charge in [0.15, 0.2) is 0 Å². The number of hydrogen-bond donors (Lipinski definition) is 1. The topological polar surface area (TPSA) is 55.6 Å². The number of amides is 1. The molecule has 0 aliphatic carbocycles. The fourth-order valence-electron chi connectivity index (χ4n) is 2.29. The van der Waals surface area contributed by atoms with E-state index in [1.807, 2.05) is 24.3 Å². The Balaban J connectivity index is 2.05. The van der Waals surface area contributed by atoms with Gasteiger partial charge in [-0.2, -0.15) is 0 Å². The van der Waals surface area contributed by atoms with Gasteiger partial charge in [-0.05, 0) is 24.3 Å². The molecule has 4 nitrogen and oxygen atoms in total. The minimum absolute atomic E-state index is 0.208. The Hall–Kier alpha value is -1.91. The molecule has 1 heterocycles. The fraction of sp³-hybridized carbons (Fsp3) is 0.133. The number of nitrogens with two attached hydrogens (primary N) is 1. The lowest BCUT2D eigenvalue weighted by Gasteiger charge is -2.29. The maximum atomic E-state index is 12.8. The third kappa shape index (κ3) is 2.52. The van der Waals surface area contributed by atoms with Crippen molar-refractivity contribution in [3.05, 3.63) is 52.0 Å². The van der Waals surface area contributed by atoms with Gasteiger partial charge in [0.1, 0.15) is 12.4 Å². The Morgan fingerprint density at radius 3 is 2.81 bits per heavy atom. The van der Waals surface area contributed by atoms with Crippen LogP contribution in [0.5, 0.6) is 5.75 Å². The van der Waals surface area contributed by atoms with Crippen LogP contribution in [0.1, 0.15) is 10.4 Å². The second-order valence-corrected chi connectivity index (χ2v) is 5.42. The Morgan fingerprint density at radius 1 is 1.24 bits per heavy atom. The van der Waals surface area contributed by atoms with Gasteiger partial charge in [0.2, 0.25) is 0 Å². The van der Waals surface area contributed by atoms with E-state index in [1.54, 1.807) is 4.90 Å². The van der Waals surface area contributed by atoms with Crippen molar-refractivity contribution in [2.24, 2.45) is 0 Å². The molecule has 2 aromatic carbocycles. The predicted molar refractivity (Wildman–Crippen MR) is 84.5 cm³/mol. The molecule has 0 aromatic heterocycles. The van der Waals surface area contributed by atoms with Crippen LogP contribution in [0, 0.1) is 0 Å². The van der Waals surface area contributed by atoms with Crippen LogP contribution >= 0.6 is 23.2 Å². The van der Waals surface area contributed by atoms with Crippen LogP contribution in [0.25, 0.3) is 0 Å². The first-order valence-electron chi connectivity index (χ1n) is 6.36. The first kappa shape index (κ1) is 14.0. The summed E-state index contributed by atoms with van der Waals surface area (Å²) in [6.07, 6.45) is 0. The van der Waals surface area contributed by atoms with Crippen molar-refractivity contribution in [2.45, 2.75) is 0 Å². The second kappa shape index (κ2) is 5.47. The molecule has 2 aromatic rings. The third-order valence-corrected chi connectivity index (χ3v) is 4.06. The zero-order valence-electron chi connectivity index (χ0n) is 11.0. The zero-order valence-corrected chi connectivity index (χ0v) is 12.5. The molecule has 2 N–H and O–H groups in total. The largest absolute Gasteiger partial charge is 0.490 e. The van der Waals surface area contributed by atoms with Gasteiger partial charge in [-0.25, -0.2) is 0 Å². The molecule has 0 atom stereocenters. The quantitative estimate of drug-likeness (QED) is 0.816. The molecule has 108 valence electrons. The normalized spacial score (nSPS) is 13.5. The highest BCUT2D eigenvalue weighted by Gasteiger charge is 2.26. The van der Waals surface area contributed by atoms with Crippen LogP contribution in [0.4, 0.5) is 11.4 Å². The van der Waals surface area contributed by atoms with Crippen LogP contribution in [-0.2, 0) is 0 Å². The monoisotopic (exact) mass is 322 g/mol. The molecule has 1 amide bonds. The molecule has 0 spiro atoms. The number of halogens is 2. The highest BCUT2D eigenvalue weighted by Crippen LogP contribution is 2.35. The Kier molecular flexibility index (Phi) is 3.66. The summed E-state index contributed by atoms with van der Waals surface area (Å²) in [4.78, 5) is 14.4. The molecule has 0 fully saturated rings. The van der Waals surface area contributed by atoms with E-state index in [0.29, 0.717) is 35.8 Å². The van der Waals surface area contributed by atoms with E-state index in [0.717, 1.165) is 0 Å². The Bertz CT molecular complexity index is 719. The Labute approximate surface area is 132 Å². The number of hydrogen-bond acceptors (Lipinski definition) is 3. The molecule has 1 aliphatic rings. The SMILES string of the molecule is Nc1cc(Cl)c(Cl)c(C(=O)N2CCOc3ccccc32)c1. The molecular formula is C15H12Cl2N2O2. The maximum absolute atomic E-state index is 12.8. The van der Waals surface area contributed by atoms with E-state index in [-0.39, 0.29) is 16.0 Å². The standard InChI is InChI=1S/C15H12Cl2N2O2/c16-11-8-9(18)7-10(14(11)17)15(20)19-5-6-21-13-4-2-1-3-12(13)19/h1-4,7-8H,5-6,18H2. The summed E-state index contributed by atoms with van der Waals surface area (Å²) in [5, 5.41) is 0.474. The van der Waals surface area contributed by atoms with E-state index >= 15 is 0 Å². The summed E-state index contributed by atoms with van der Waals surface area (Å²) >= 11 is 12.1. The molecule has 0 saturated heterocycles. The number of carbonyl (C=O) groups excluding carboxylic acids is 1. The number of carbonyl (C=O) groups is 1. The molecule has 3 rings (SSSR count). The second-order valence-electron chi connectivity index (χ2n) is 4.64. The van der Waals surface area contributed by atoms with E-state index in [1.165, 1.54) is 12.1 Å². The predicted octanol–water partition coefficient (Wildman–Crippen LogP) is 3.61. The van der Waals surface area contributed by atoms with Crippen molar-refractivity contribution in [1.29, 1.82) is 0 Å². The highest BCUT2D eigenvalue weighted by atomic mass is 35.5. The lowest BCUT2D eigenvalue weighted by Crippen LogP contribution is -2.38. The van der Waals surface area contributed by atoms with E-state index in [9.17, 15) is 4.79 Å². The van der Waals surface area contributed by atoms with Crippen LogP contribution in [0.2, 0.25) is 10.0 Å². The summed E-state index contributed by atoms with van der Waals surface area (Å²) in [5.74, 6) is 0.424. The van der Waals surface area contributed by atoms with Crippen molar-refractivity contribution >= 4 is 40.5 Å². The summed E-state index contributed by atoms with van der Waals surface area (Å²) in [7, 11) is 0. The molecule has 0 unspecified atom stereocenters.